The van der Waals surface area contributed by atoms with Gasteiger partial charge in [-0.05, 0) is 42.4 Å². The second-order valence-electron chi connectivity index (χ2n) is 4.13. The van der Waals surface area contributed by atoms with E-state index in [-0.39, 0.29) is 35.6 Å². The van der Waals surface area contributed by atoms with Crippen LogP contribution in [-0.2, 0) is 9.53 Å². The molecule has 1 rings (SSSR count). The van der Waals surface area contributed by atoms with Crippen LogP contribution in [0.2, 0.25) is 0 Å². The minimum Gasteiger partial charge on any atom is -0.469 e. The van der Waals surface area contributed by atoms with Crippen molar-refractivity contribution in [2.45, 2.75) is 23.2 Å². The van der Waals surface area contributed by atoms with Gasteiger partial charge in [-0.25, -0.2) is 4.79 Å². The maximum atomic E-state index is 12.2. The number of esters is 1. The van der Waals surface area contributed by atoms with E-state index in [4.69, 9.17) is 0 Å². The van der Waals surface area contributed by atoms with Crippen LogP contribution in [-0.4, -0.2) is 31.2 Å². The number of rotatable bonds is 6. The van der Waals surface area contributed by atoms with Gasteiger partial charge in [-0.1, -0.05) is 0 Å². The lowest BCUT2D eigenvalue weighted by molar-refractivity contribution is -0.140. The normalized spacial score (nSPS) is 10.9. The first-order valence-electron chi connectivity index (χ1n) is 6.27. The number of hydrogen-bond donors (Lipinski definition) is 2. The number of benzene rings is 1. The fourth-order valence-electron chi connectivity index (χ4n) is 1.45. The number of amides is 2. The molecule has 1 aromatic rings. The minimum atomic E-state index is -4.34. The Morgan fingerprint density at radius 1 is 1.23 bits per heavy atom. The van der Waals surface area contributed by atoms with Crippen molar-refractivity contribution in [2.75, 3.05) is 19.0 Å². The summed E-state index contributed by atoms with van der Waals surface area (Å²) in [6, 6.07) is 4.79. The van der Waals surface area contributed by atoms with Crippen LogP contribution in [0.15, 0.2) is 29.2 Å². The predicted molar refractivity (Wildman–Crippen MR) is 76.6 cm³/mol. The van der Waals surface area contributed by atoms with E-state index >= 15 is 0 Å². The highest BCUT2D eigenvalue weighted by molar-refractivity contribution is 8.00. The van der Waals surface area contributed by atoms with E-state index in [1.807, 2.05) is 0 Å². The Balaban J connectivity index is 2.34. The number of halogens is 3. The molecule has 2 N–H and O–H groups in total. The Morgan fingerprint density at radius 2 is 1.86 bits per heavy atom. The van der Waals surface area contributed by atoms with Gasteiger partial charge in [-0.15, -0.1) is 0 Å². The van der Waals surface area contributed by atoms with E-state index in [2.05, 4.69) is 15.4 Å². The van der Waals surface area contributed by atoms with Gasteiger partial charge in [0.25, 0.3) is 0 Å². The molecule has 0 fully saturated rings. The molecule has 0 aliphatic heterocycles. The molecule has 0 saturated carbocycles. The topological polar surface area (TPSA) is 67.4 Å². The summed E-state index contributed by atoms with van der Waals surface area (Å²) in [4.78, 5) is 22.4. The first kappa shape index (κ1) is 18.1. The summed E-state index contributed by atoms with van der Waals surface area (Å²) in [6.07, 6.45) is 0.626. The summed E-state index contributed by atoms with van der Waals surface area (Å²) in [7, 11) is 1.28. The highest BCUT2D eigenvalue weighted by Crippen LogP contribution is 2.36. The van der Waals surface area contributed by atoms with Gasteiger partial charge < -0.3 is 15.4 Å². The lowest BCUT2D eigenvalue weighted by Gasteiger charge is -2.09. The van der Waals surface area contributed by atoms with Crippen LogP contribution in [0.25, 0.3) is 0 Å². The molecule has 0 saturated heterocycles. The van der Waals surface area contributed by atoms with Gasteiger partial charge in [-0.2, -0.15) is 13.2 Å². The van der Waals surface area contributed by atoms with Gasteiger partial charge in [0.15, 0.2) is 0 Å². The summed E-state index contributed by atoms with van der Waals surface area (Å²) in [5.41, 5.74) is -3.97. The summed E-state index contributed by atoms with van der Waals surface area (Å²) in [5.74, 6) is -0.361. The third kappa shape index (κ3) is 7.77. The zero-order valence-electron chi connectivity index (χ0n) is 11.7. The Morgan fingerprint density at radius 3 is 2.41 bits per heavy atom. The minimum absolute atomic E-state index is 0.0385. The molecule has 1 aromatic carbocycles. The van der Waals surface area contributed by atoms with Crippen molar-refractivity contribution in [3.8, 4) is 0 Å². The fraction of sp³-hybridized carbons (Fsp3) is 0.385. The first-order chi connectivity index (χ1) is 10.3. The zero-order valence-corrected chi connectivity index (χ0v) is 12.5. The van der Waals surface area contributed by atoms with Crippen LogP contribution in [0.5, 0.6) is 0 Å². The SMILES string of the molecule is COC(=O)CCCNC(=O)Nc1ccc(SC(F)(F)F)cc1. The van der Waals surface area contributed by atoms with E-state index in [1.54, 1.807) is 0 Å². The second kappa shape index (κ2) is 8.52. The Hall–Kier alpha value is -1.90. The van der Waals surface area contributed by atoms with Gasteiger partial charge in [-0.3, -0.25) is 4.79 Å². The molecule has 22 heavy (non-hydrogen) atoms. The Kier molecular flexibility index (Phi) is 7.03. The van der Waals surface area contributed by atoms with E-state index < -0.39 is 11.5 Å². The molecule has 122 valence electrons. The van der Waals surface area contributed by atoms with Gasteiger partial charge in [0.05, 0.1) is 7.11 Å². The van der Waals surface area contributed by atoms with Gasteiger partial charge in [0.1, 0.15) is 0 Å². The summed E-state index contributed by atoms with van der Waals surface area (Å²) in [6.45, 7) is 0.281. The maximum Gasteiger partial charge on any atom is 0.446 e. The largest absolute Gasteiger partial charge is 0.469 e. The number of methoxy groups -OCH3 is 1. The summed E-state index contributed by atoms with van der Waals surface area (Å²) < 4.78 is 40.9. The Labute approximate surface area is 129 Å². The molecule has 2 amide bonds. The van der Waals surface area contributed by atoms with Crippen LogP contribution in [0.4, 0.5) is 23.7 Å². The van der Waals surface area contributed by atoms with E-state index in [0.717, 1.165) is 0 Å². The van der Waals surface area contributed by atoms with Gasteiger partial charge >= 0.3 is 17.5 Å². The molecule has 0 aliphatic carbocycles. The third-order valence-corrected chi connectivity index (χ3v) is 3.16. The number of nitrogens with one attached hydrogen (secondary N) is 2. The van der Waals surface area contributed by atoms with Crippen molar-refractivity contribution in [2.24, 2.45) is 0 Å². The molecule has 0 spiro atoms. The van der Waals surface area contributed by atoms with Gasteiger partial charge in [0.2, 0.25) is 0 Å². The van der Waals surface area contributed by atoms with Gasteiger partial charge in [0, 0.05) is 23.5 Å². The number of thioether (sulfide) groups is 1. The van der Waals surface area contributed by atoms with Crippen molar-refractivity contribution in [1.82, 2.24) is 5.32 Å². The zero-order chi connectivity index (χ0) is 16.6. The highest BCUT2D eigenvalue weighted by Gasteiger charge is 2.28. The predicted octanol–water partition coefficient (Wildman–Crippen LogP) is 3.37. The van der Waals surface area contributed by atoms with E-state index in [9.17, 15) is 22.8 Å². The van der Waals surface area contributed by atoms with Crippen molar-refractivity contribution in [3.05, 3.63) is 24.3 Å². The van der Waals surface area contributed by atoms with E-state index in [0.29, 0.717) is 12.1 Å². The number of carbonyl (C=O) groups excluding carboxylic acids is 2. The van der Waals surface area contributed by atoms with E-state index in [1.165, 1.54) is 31.4 Å². The first-order valence-corrected chi connectivity index (χ1v) is 7.09. The molecular weight excluding hydrogens is 321 g/mol. The molecular formula is C13H15F3N2O3S. The lowest BCUT2D eigenvalue weighted by Crippen LogP contribution is -2.29. The Bertz CT molecular complexity index is 506. The molecule has 0 aliphatic rings. The van der Waals surface area contributed by atoms with Crippen LogP contribution in [0.3, 0.4) is 0 Å². The number of hydrogen-bond acceptors (Lipinski definition) is 4. The average molecular weight is 336 g/mol. The lowest BCUT2D eigenvalue weighted by atomic mass is 10.3. The van der Waals surface area contributed by atoms with Crippen molar-refractivity contribution in [3.63, 3.8) is 0 Å². The molecule has 9 heteroatoms. The van der Waals surface area contributed by atoms with Crippen LogP contribution >= 0.6 is 11.8 Å². The van der Waals surface area contributed by atoms with Crippen LogP contribution in [0, 0.1) is 0 Å². The average Bonchev–Trinajstić information content (AvgIpc) is 2.44. The molecule has 0 atom stereocenters. The molecule has 0 aromatic heterocycles. The number of alkyl halides is 3. The van der Waals surface area contributed by atoms with Crippen LogP contribution < -0.4 is 10.6 Å². The number of urea groups is 1. The smallest absolute Gasteiger partial charge is 0.446 e. The third-order valence-electron chi connectivity index (χ3n) is 2.42. The summed E-state index contributed by atoms with van der Waals surface area (Å²) in [5, 5.41) is 5.00. The number of carbonyl (C=O) groups is 2. The van der Waals surface area contributed by atoms with Crippen molar-refractivity contribution < 1.29 is 27.5 Å². The summed E-state index contributed by atoms with van der Waals surface area (Å²) >= 11 is -0.222. The molecule has 0 radical (unpaired) electrons. The standard InChI is InChI=1S/C13H15F3N2O3S/c1-21-11(19)3-2-8-17-12(20)18-9-4-6-10(7-5-9)22-13(14,15)16/h4-7H,2-3,8H2,1H3,(H2,17,18,20). The molecule has 0 unspecified atom stereocenters. The fourth-order valence-corrected chi connectivity index (χ4v) is 1.99. The second-order valence-corrected chi connectivity index (χ2v) is 5.27. The number of ether oxygens (including phenoxy) is 1. The van der Waals surface area contributed by atoms with Crippen molar-refractivity contribution >= 4 is 29.4 Å². The monoisotopic (exact) mass is 336 g/mol. The number of anilines is 1. The maximum absolute atomic E-state index is 12.2. The molecule has 0 heterocycles. The quantitative estimate of drug-likeness (QED) is 0.475. The highest BCUT2D eigenvalue weighted by atomic mass is 32.2. The van der Waals surface area contributed by atoms with Crippen LogP contribution in [0.1, 0.15) is 12.8 Å². The molecule has 0 bridgehead atoms. The molecule has 5 nitrogen and oxygen atoms in total. The van der Waals surface area contributed by atoms with Crippen molar-refractivity contribution in [1.29, 1.82) is 0 Å².